The molecule has 2 N–H and O–H groups in total. The third-order valence-corrected chi connectivity index (χ3v) is 5.02. The summed E-state index contributed by atoms with van der Waals surface area (Å²) in [6, 6.07) is 10.9. The van der Waals surface area contributed by atoms with Crippen LogP contribution in [0, 0.1) is 0 Å². The maximum Gasteiger partial charge on any atom is 0.150 e. The fourth-order valence-corrected chi connectivity index (χ4v) is 3.88. The summed E-state index contributed by atoms with van der Waals surface area (Å²) in [5.74, 6) is 1.01. The number of aromatic nitrogens is 2. The van der Waals surface area contributed by atoms with Gasteiger partial charge in [-0.3, -0.25) is 0 Å². The highest BCUT2D eigenvalue weighted by atomic mass is 32.1. The summed E-state index contributed by atoms with van der Waals surface area (Å²) in [5.41, 5.74) is 9.81. The third-order valence-electron chi connectivity index (χ3n) is 4.12. The molecule has 0 fully saturated rings. The fraction of sp³-hybridized carbons (Fsp3) is 0.250. The average Bonchev–Trinajstić information content (AvgIpc) is 3.02. The number of nitrogens with two attached hydrogens (primary N) is 1. The van der Waals surface area contributed by atoms with Crippen molar-refractivity contribution >= 4 is 27.4 Å². The van der Waals surface area contributed by atoms with E-state index in [0.29, 0.717) is 12.6 Å². The summed E-state index contributed by atoms with van der Waals surface area (Å²) in [7, 11) is 0. The van der Waals surface area contributed by atoms with Gasteiger partial charge in [-0.15, -0.1) is 11.3 Å². The Kier molecular flexibility index (Phi) is 3.09. The molecule has 0 saturated heterocycles. The smallest absolute Gasteiger partial charge is 0.150 e. The summed E-state index contributed by atoms with van der Waals surface area (Å²) >= 11 is 1.69. The van der Waals surface area contributed by atoms with Crippen molar-refractivity contribution in [1.82, 2.24) is 9.97 Å². The van der Waals surface area contributed by atoms with Crippen LogP contribution in [0.5, 0.6) is 0 Å². The second kappa shape index (κ2) is 5.09. The SMILES string of the molecule is NCC1Cc2ccccc2CN1c1ncnc2ccsc12. The first-order valence-corrected chi connectivity index (χ1v) is 7.96. The number of fused-ring (bicyclic) bond motifs is 2. The predicted molar refractivity (Wildman–Crippen MR) is 86.6 cm³/mol. The lowest BCUT2D eigenvalue weighted by atomic mass is 9.94. The van der Waals surface area contributed by atoms with E-state index in [-0.39, 0.29) is 0 Å². The molecule has 1 aromatic carbocycles. The summed E-state index contributed by atoms with van der Waals surface area (Å²) < 4.78 is 1.15. The molecule has 1 aliphatic heterocycles. The highest BCUT2D eigenvalue weighted by Crippen LogP contribution is 2.33. The van der Waals surface area contributed by atoms with Gasteiger partial charge in [0.25, 0.3) is 0 Å². The molecule has 0 amide bonds. The van der Waals surface area contributed by atoms with Crippen molar-refractivity contribution in [2.24, 2.45) is 5.73 Å². The Morgan fingerprint density at radius 1 is 1.19 bits per heavy atom. The molecule has 1 aliphatic rings. The van der Waals surface area contributed by atoms with Gasteiger partial charge in [-0.1, -0.05) is 24.3 Å². The highest BCUT2D eigenvalue weighted by Gasteiger charge is 2.27. The molecule has 4 nitrogen and oxygen atoms in total. The zero-order valence-corrected chi connectivity index (χ0v) is 12.4. The second-order valence-corrected chi connectivity index (χ2v) is 6.24. The van der Waals surface area contributed by atoms with E-state index in [4.69, 9.17) is 5.73 Å². The molecular formula is C16H16N4S. The van der Waals surface area contributed by atoms with Crippen LogP contribution in [0.1, 0.15) is 11.1 Å². The van der Waals surface area contributed by atoms with Crippen molar-refractivity contribution in [1.29, 1.82) is 0 Å². The largest absolute Gasteiger partial charge is 0.346 e. The Morgan fingerprint density at radius 3 is 2.90 bits per heavy atom. The van der Waals surface area contributed by atoms with E-state index in [0.717, 1.165) is 29.0 Å². The maximum absolute atomic E-state index is 6.03. The van der Waals surface area contributed by atoms with Crippen LogP contribution < -0.4 is 10.6 Å². The third kappa shape index (κ3) is 2.09. The lowest BCUT2D eigenvalue weighted by Gasteiger charge is -2.37. The molecule has 2 aromatic heterocycles. The first kappa shape index (κ1) is 12.7. The van der Waals surface area contributed by atoms with Crippen molar-refractivity contribution < 1.29 is 0 Å². The topological polar surface area (TPSA) is 55.0 Å². The van der Waals surface area contributed by atoms with Crippen molar-refractivity contribution in [3.8, 4) is 0 Å². The van der Waals surface area contributed by atoms with Gasteiger partial charge in [0.2, 0.25) is 0 Å². The lowest BCUT2D eigenvalue weighted by Crippen LogP contribution is -2.45. The highest BCUT2D eigenvalue weighted by molar-refractivity contribution is 7.17. The van der Waals surface area contributed by atoms with Gasteiger partial charge < -0.3 is 10.6 Å². The summed E-state index contributed by atoms with van der Waals surface area (Å²) in [6.45, 7) is 1.49. The zero-order chi connectivity index (χ0) is 14.2. The van der Waals surface area contributed by atoms with E-state index in [2.05, 4.69) is 44.5 Å². The fourth-order valence-electron chi connectivity index (χ4n) is 3.03. The van der Waals surface area contributed by atoms with Gasteiger partial charge in [0, 0.05) is 19.1 Å². The van der Waals surface area contributed by atoms with Crippen LogP contribution in [0.4, 0.5) is 5.82 Å². The molecule has 5 heteroatoms. The molecule has 0 bridgehead atoms. The average molecular weight is 296 g/mol. The van der Waals surface area contributed by atoms with Crippen LogP contribution in [-0.4, -0.2) is 22.6 Å². The van der Waals surface area contributed by atoms with Crippen LogP contribution in [-0.2, 0) is 13.0 Å². The second-order valence-electron chi connectivity index (χ2n) is 5.32. The Balaban J connectivity index is 1.82. The van der Waals surface area contributed by atoms with E-state index < -0.39 is 0 Å². The molecule has 1 atom stereocenters. The molecule has 0 aliphatic carbocycles. The van der Waals surface area contributed by atoms with Crippen molar-refractivity contribution in [3.63, 3.8) is 0 Å². The van der Waals surface area contributed by atoms with Gasteiger partial charge >= 0.3 is 0 Å². The van der Waals surface area contributed by atoms with Crippen LogP contribution in [0.2, 0.25) is 0 Å². The molecule has 106 valence electrons. The number of thiophene rings is 1. The van der Waals surface area contributed by atoms with Crippen molar-refractivity contribution in [3.05, 3.63) is 53.2 Å². The van der Waals surface area contributed by atoms with Crippen LogP contribution in [0.3, 0.4) is 0 Å². The molecule has 0 saturated carbocycles. The molecule has 0 radical (unpaired) electrons. The summed E-state index contributed by atoms with van der Waals surface area (Å²) in [6.07, 6.45) is 2.63. The molecule has 3 aromatic rings. The van der Waals surface area contributed by atoms with Crippen LogP contribution in [0.15, 0.2) is 42.0 Å². The number of hydrogen-bond acceptors (Lipinski definition) is 5. The maximum atomic E-state index is 6.03. The van der Waals surface area contributed by atoms with E-state index in [1.54, 1.807) is 17.7 Å². The standard InChI is InChI=1S/C16H16N4S/c17-8-13-7-11-3-1-2-4-12(11)9-20(13)16-15-14(5-6-21-15)18-10-19-16/h1-6,10,13H,7-9,17H2. The van der Waals surface area contributed by atoms with E-state index >= 15 is 0 Å². The van der Waals surface area contributed by atoms with Gasteiger partial charge in [0.15, 0.2) is 5.82 Å². The normalized spacial score (nSPS) is 18.0. The van der Waals surface area contributed by atoms with E-state index in [1.165, 1.54) is 11.1 Å². The van der Waals surface area contributed by atoms with Gasteiger partial charge in [0.1, 0.15) is 6.33 Å². The van der Waals surface area contributed by atoms with E-state index in [9.17, 15) is 0 Å². The Labute approximate surface area is 127 Å². The van der Waals surface area contributed by atoms with Crippen LogP contribution in [0.25, 0.3) is 10.2 Å². The first-order valence-electron chi connectivity index (χ1n) is 7.08. The number of anilines is 1. The Bertz CT molecular complexity index is 783. The van der Waals surface area contributed by atoms with Gasteiger partial charge in [-0.2, -0.15) is 0 Å². The number of hydrogen-bond donors (Lipinski definition) is 1. The van der Waals surface area contributed by atoms with Crippen LogP contribution >= 0.6 is 11.3 Å². The molecule has 1 unspecified atom stereocenters. The predicted octanol–water partition coefficient (Wildman–Crippen LogP) is 2.58. The number of benzene rings is 1. The molecule has 0 spiro atoms. The molecule has 3 heterocycles. The lowest BCUT2D eigenvalue weighted by molar-refractivity contribution is 0.557. The molecule has 21 heavy (non-hydrogen) atoms. The number of rotatable bonds is 2. The summed E-state index contributed by atoms with van der Waals surface area (Å²) in [4.78, 5) is 11.2. The van der Waals surface area contributed by atoms with Gasteiger partial charge in [-0.05, 0) is 29.0 Å². The first-order chi connectivity index (χ1) is 10.4. The van der Waals surface area contributed by atoms with Crippen molar-refractivity contribution in [2.45, 2.75) is 19.0 Å². The summed E-state index contributed by atoms with van der Waals surface area (Å²) in [5, 5.41) is 2.07. The Hall–Kier alpha value is -1.98. The zero-order valence-electron chi connectivity index (χ0n) is 11.6. The monoisotopic (exact) mass is 296 g/mol. The minimum atomic E-state index is 0.292. The van der Waals surface area contributed by atoms with Crippen molar-refractivity contribution in [2.75, 3.05) is 11.4 Å². The molecular weight excluding hydrogens is 280 g/mol. The quantitative estimate of drug-likeness (QED) is 0.789. The minimum Gasteiger partial charge on any atom is -0.346 e. The molecule has 4 rings (SSSR count). The number of nitrogens with zero attached hydrogens (tertiary/aromatic N) is 3. The van der Waals surface area contributed by atoms with Gasteiger partial charge in [-0.25, -0.2) is 9.97 Å². The van der Waals surface area contributed by atoms with E-state index in [1.807, 2.05) is 6.07 Å². The minimum absolute atomic E-state index is 0.292. The Morgan fingerprint density at radius 2 is 2.05 bits per heavy atom. The van der Waals surface area contributed by atoms with Gasteiger partial charge in [0.05, 0.1) is 10.2 Å².